The number of benzene rings is 3. The summed E-state index contributed by atoms with van der Waals surface area (Å²) < 4.78 is 35.1. The van der Waals surface area contributed by atoms with Crippen LogP contribution in [0.25, 0.3) is 11.1 Å². The highest BCUT2D eigenvalue weighted by atomic mass is 19.2. The number of hydrogen-bond donors (Lipinski definition) is 0. The van der Waals surface area contributed by atoms with E-state index in [4.69, 9.17) is 4.74 Å². The van der Waals surface area contributed by atoms with E-state index in [2.05, 4.69) is 74.5 Å². The SMILES string of the molecule is CCCCCCOc1ccc(C2CCC(C=CCCc3ccc(-c4ccc(CCCCC)cc4)cc3)CC2)c(F)c1F. The first-order valence-corrected chi connectivity index (χ1v) is 16.5. The molecule has 0 bridgehead atoms. The first-order valence-electron chi connectivity index (χ1n) is 16.5. The topological polar surface area (TPSA) is 9.23 Å². The first-order chi connectivity index (χ1) is 20.6. The van der Waals surface area contributed by atoms with Gasteiger partial charge < -0.3 is 4.74 Å². The maximum absolute atomic E-state index is 14.9. The van der Waals surface area contributed by atoms with Gasteiger partial charge in [-0.2, -0.15) is 4.39 Å². The van der Waals surface area contributed by atoms with E-state index in [1.807, 2.05) is 0 Å². The molecule has 1 aliphatic rings. The number of hydrogen-bond acceptors (Lipinski definition) is 1. The van der Waals surface area contributed by atoms with Crippen LogP contribution in [0.4, 0.5) is 8.78 Å². The van der Waals surface area contributed by atoms with Gasteiger partial charge >= 0.3 is 0 Å². The van der Waals surface area contributed by atoms with Crippen LogP contribution in [0.2, 0.25) is 0 Å². The third kappa shape index (κ3) is 9.54. The first kappa shape index (κ1) is 32.0. The average molecular weight is 573 g/mol. The van der Waals surface area contributed by atoms with Crippen molar-refractivity contribution in [2.45, 2.75) is 110 Å². The molecular formula is C39H50F2O. The van der Waals surface area contributed by atoms with Crippen LogP contribution in [0.1, 0.15) is 114 Å². The van der Waals surface area contributed by atoms with E-state index in [1.54, 1.807) is 12.1 Å². The minimum Gasteiger partial charge on any atom is -0.490 e. The zero-order valence-corrected chi connectivity index (χ0v) is 25.9. The van der Waals surface area contributed by atoms with Gasteiger partial charge in [0.15, 0.2) is 11.6 Å². The number of aryl methyl sites for hydroxylation is 2. The third-order valence-electron chi connectivity index (χ3n) is 8.86. The van der Waals surface area contributed by atoms with Gasteiger partial charge in [-0.1, -0.05) is 113 Å². The summed E-state index contributed by atoms with van der Waals surface area (Å²) in [6, 6.07) is 21.4. The van der Waals surface area contributed by atoms with Gasteiger partial charge in [0, 0.05) is 0 Å². The van der Waals surface area contributed by atoms with Gasteiger partial charge in [0.2, 0.25) is 5.82 Å². The molecular weight excluding hydrogens is 522 g/mol. The standard InChI is InChI=1S/C39H50F2O/c1-3-5-7-11-29-42-37-28-27-36(38(40)39(37)41)35-25-19-32(20-26-35)14-10-9-13-31-17-23-34(24-18-31)33-21-15-30(16-22-33)12-8-6-4-2/h10,14-18,21-24,27-28,32,35H,3-9,11-13,19-20,25-26,29H2,1-2H3. The second-order valence-electron chi connectivity index (χ2n) is 12.1. The lowest BCUT2D eigenvalue weighted by atomic mass is 9.78. The zero-order chi connectivity index (χ0) is 29.6. The molecule has 0 amide bonds. The summed E-state index contributed by atoms with van der Waals surface area (Å²) in [5, 5.41) is 0. The fourth-order valence-electron chi connectivity index (χ4n) is 6.15. The Bertz CT molecular complexity index is 1220. The van der Waals surface area contributed by atoms with Crippen LogP contribution in [0.3, 0.4) is 0 Å². The van der Waals surface area contributed by atoms with Crippen molar-refractivity contribution >= 4 is 0 Å². The molecule has 42 heavy (non-hydrogen) atoms. The molecule has 1 aliphatic carbocycles. The molecule has 0 unspecified atom stereocenters. The fraction of sp³-hybridized carbons (Fsp3) is 0.487. The Morgan fingerprint density at radius 2 is 1.29 bits per heavy atom. The van der Waals surface area contributed by atoms with Crippen LogP contribution in [-0.2, 0) is 12.8 Å². The van der Waals surface area contributed by atoms with Crippen LogP contribution in [0.5, 0.6) is 5.75 Å². The molecule has 3 aromatic carbocycles. The van der Waals surface area contributed by atoms with Crippen LogP contribution < -0.4 is 4.74 Å². The van der Waals surface area contributed by atoms with Crippen molar-refractivity contribution in [2.75, 3.05) is 6.61 Å². The quantitative estimate of drug-likeness (QED) is 0.122. The van der Waals surface area contributed by atoms with Crippen molar-refractivity contribution < 1.29 is 13.5 Å². The molecule has 0 aromatic heterocycles. The van der Waals surface area contributed by atoms with E-state index < -0.39 is 11.6 Å². The Hall–Kier alpha value is -2.94. The third-order valence-corrected chi connectivity index (χ3v) is 8.86. The lowest BCUT2D eigenvalue weighted by Gasteiger charge is -2.27. The van der Waals surface area contributed by atoms with E-state index >= 15 is 0 Å². The average Bonchev–Trinajstić information content (AvgIpc) is 3.02. The highest BCUT2D eigenvalue weighted by Gasteiger charge is 2.25. The molecule has 3 heteroatoms. The Balaban J connectivity index is 1.18. The van der Waals surface area contributed by atoms with Crippen molar-refractivity contribution in [2.24, 2.45) is 5.92 Å². The Morgan fingerprint density at radius 3 is 1.93 bits per heavy atom. The van der Waals surface area contributed by atoms with Crippen LogP contribution in [0, 0.1) is 17.6 Å². The lowest BCUT2D eigenvalue weighted by molar-refractivity contribution is 0.283. The predicted octanol–water partition coefficient (Wildman–Crippen LogP) is 11.8. The van der Waals surface area contributed by atoms with Crippen molar-refractivity contribution in [3.8, 4) is 16.9 Å². The second-order valence-corrected chi connectivity index (χ2v) is 12.1. The lowest BCUT2D eigenvalue weighted by Crippen LogP contribution is -2.14. The molecule has 1 saturated carbocycles. The van der Waals surface area contributed by atoms with E-state index in [0.717, 1.165) is 64.2 Å². The van der Waals surface area contributed by atoms with Crippen LogP contribution in [-0.4, -0.2) is 6.61 Å². The van der Waals surface area contributed by atoms with E-state index in [-0.39, 0.29) is 11.7 Å². The van der Waals surface area contributed by atoms with Crippen molar-refractivity contribution in [3.05, 3.63) is 101 Å². The normalized spacial score (nSPS) is 17.1. The molecule has 0 spiro atoms. The van der Waals surface area contributed by atoms with Gasteiger partial charge in [0.1, 0.15) is 0 Å². The molecule has 226 valence electrons. The van der Waals surface area contributed by atoms with E-state index in [1.165, 1.54) is 47.9 Å². The second kappa shape index (κ2) is 17.2. The summed E-state index contributed by atoms with van der Waals surface area (Å²) >= 11 is 0. The number of ether oxygens (including phenoxy) is 1. The molecule has 0 aliphatic heterocycles. The summed E-state index contributed by atoms with van der Waals surface area (Å²) in [5.74, 6) is -0.893. The smallest absolute Gasteiger partial charge is 0.200 e. The Morgan fingerprint density at radius 1 is 0.667 bits per heavy atom. The molecule has 3 aromatic rings. The molecule has 1 nitrogen and oxygen atoms in total. The minimum absolute atomic E-state index is 0.0471. The number of halogens is 2. The van der Waals surface area contributed by atoms with E-state index in [9.17, 15) is 8.78 Å². The highest BCUT2D eigenvalue weighted by Crippen LogP contribution is 2.39. The summed E-state index contributed by atoms with van der Waals surface area (Å²) in [5.41, 5.74) is 5.85. The molecule has 4 rings (SSSR count). The maximum Gasteiger partial charge on any atom is 0.200 e. The van der Waals surface area contributed by atoms with E-state index in [0.29, 0.717) is 18.1 Å². The number of allylic oxidation sites excluding steroid dienone is 2. The summed E-state index contributed by atoms with van der Waals surface area (Å²) in [4.78, 5) is 0. The summed E-state index contributed by atoms with van der Waals surface area (Å²) in [6.07, 6.45) is 19.7. The molecule has 0 atom stereocenters. The van der Waals surface area contributed by atoms with Gasteiger partial charge in [0.05, 0.1) is 6.61 Å². The minimum atomic E-state index is -0.825. The predicted molar refractivity (Wildman–Crippen MR) is 173 cm³/mol. The van der Waals surface area contributed by atoms with Gasteiger partial charge in [-0.25, -0.2) is 4.39 Å². The van der Waals surface area contributed by atoms with Crippen molar-refractivity contribution in [1.82, 2.24) is 0 Å². The fourth-order valence-corrected chi connectivity index (χ4v) is 6.15. The number of unbranched alkanes of at least 4 members (excludes halogenated alkanes) is 5. The molecule has 0 saturated heterocycles. The zero-order valence-electron chi connectivity index (χ0n) is 25.9. The van der Waals surface area contributed by atoms with Gasteiger partial charge in [-0.05, 0) is 104 Å². The van der Waals surface area contributed by atoms with Crippen LogP contribution >= 0.6 is 0 Å². The molecule has 0 heterocycles. The molecule has 0 radical (unpaired) electrons. The van der Waals surface area contributed by atoms with Gasteiger partial charge in [-0.15, -0.1) is 0 Å². The van der Waals surface area contributed by atoms with Gasteiger partial charge in [-0.3, -0.25) is 0 Å². The van der Waals surface area contributed by atoms with Crippen LogP contribution in [0.15, 0.2) is 72.8 Å². The summed E-state index contributed by atoms with van der Waals surface area (Å²) in [6.45, 7) is 4.83. The van der Waals surface area contributed by atoms with Crippen molar-refractivity contribution in [3.63, 3.8) is 0 Å². The molecule has 1 fully saturated rings. The van der Waals surface area contributed by atoms with Crippen molar-refractivity contribution in [1.29, 1.82) is 0 Å². The van der Waals surface area contributed by atoms with Gasteiger partial charge in [0.25, 0.3) is 0 Å². The largest absolute Gasteiger partial charge is 0.490 e. The molecule has 0 N–H and O–H groups in total. The Labute approximate surface area is 253 Å². The highest BCUT2D eigenvalue weighted by molar-refractivity contribution is 5.64. The number of rotatable bonds is 16. The summed E-state index contributed by atoms with van der Waals surface area (Å²) in [7, 11) is 0. The maximum atomic E-state index is 14.9. The monoisotopic (exact) mass is 572 g/mol. The Kier molecular flexibility index (Phi) is 13.1.